The van der Waals surface area contributed by atoms with E-state index < -0.39 is 24.5 Å². The van der Waals surface area contributed by atoms with E-state index in [1.54, 1.807) is 0 Å². The lowest BCUT2D eigenvalue weighted by Crippen LogP contribution is -2.54. The largest absolute Gasteiger partial charge is 0.492 e. The third-order valence-corrected chi connectivity index (χ3v) is 7.65. The molecule has 3 aliphatic heterocycles. The summed E-state index contributed by atoms with van der Waals surface area (Å²) in [5.74, 6) is 0.798. The van der Waals surface area contributed by atoms with E-state index in [0.29, 0.717) is 26.0 Å². The molecule has 3 saturated heterocycles. The number of alkyl halides is 6. The van der Waals surface area contributed by atoms with Crippen molar-refractivity contribution in [3.05, 3.63) is 29.8 Å². The predicted octanol–water partition coefficient (Wildman–Crippen LogP) is 5.22. The van der Waals surface area contributed by atoms with Crippen LogP contribution in [0.3, 0.4) is 0 Å². The van der Waals surface area contributed by atoms with Crippen LogP contribution in [0.5, 0.6) is 5.75 Å². The highest BCUT2D eigenvalue weighted by atomic mass is 19.4. The smallest absolute Gasteiger partial charge is 0.434 e. The van der Waals surface area contributed by atoms with Gasteiger partial charge < -0.3 is 14.4 Å². The number of piperidine rings is 1. The Morgan fingerprint density at radius 3 is 2.24 bits per heavy atom. The summed E-state index contributed by atoms with van der Waals surface area (Å²) in [4.78, 5) is 17.8. The number of hydrogen-bond acceptors (Lipinski definition) is 5. The molecule has 3 fully saturated rings. The second kappa shape index (κ2) is 11.3. The van der Waals surface area contributed by atoms with Crippen LogP contribution in [0.2, 0.25) is 0 Å². The lowest BCUT2D eigenvalue weighted by molar-refractivity contribution is -0.308. The molecule has 208 valence electrons. The molecule has 1 aromatic rings. The second-order valence-corrected chi connectivity index (χ2v) is 10.1. The summed E-state index contributed by atoms with van der Waals surface area (Å²) in [6.07, 6.45) is -12.0. The van der Waals surface area contributed by atoms with Gasteiger partial charge in [0.2, 0.25) is 0 Å². The van der Waals surface area contributed by atoms with Crippen LogP contribution in [0.15, 0.2) is 24.3 Å². The van der Waals surface area contributed by atoms with E-state index in [9.17, 15) is 31.1 Å². The van der Waals surface area contributed by atoms with E-state index in [-0.39, 0.29) is 18.6 Å². The minimum absolute atomic E-state index is 0.0391. The second-order valence-electron chi connectivity index (χ2n) is 10.1. The fourth-order valence-corrected chi connectivity index (χ4v) is 5.66. The zero-order valence-electron chi connectivity index (χ0n) is 20.6. The Morgan fingerprint density at radius 1 is 0.919 bits per heavy atom. The van der Waals surface area contributed by atoms with Crippen molar-refractivity contribution >= 4 is 6.09 Å². The Hall–Kier alpha value is -2.21. The Kier molecular flexibility index (Phi) is 8.47. The molecule has 3 heterocycles. The number of carbonyl (C=O) groups excluding carboxylic acids is 1. The van der Waals surface area contributed by atoms with Crippen LogP contribution in [-0.4, -0.2) is 90.7 Å². The van der Waals surface area contributed by atoms with Gasteiger partial charge in [-0.25, -0.2) is 4.79 Å². The van der Waals surface area contributed by atoms with Gasteiger partial charge in [-0.05, 0) is 75.9 Å². The molecule has 0 atom stereocenters. The number of benzene rings is 1. The SMILES string of the molecule is O=C(OC(C(F)(F)F)C(F)(F)F)N1CCC2(CCCN2Cc2cccc(OCCN3CCCC3)c2)CC1. The average Bonchev–Trinajstić information content (AvgIpc) is 3.47. The Balaban J connectivity index is 1.31. The minimum Gasteiger partial charge on any atom is -0.492 e. The molecular formula is C25H33F6N3O3. The first-order valence-electron chi connectivity index (χ1n) is 12.7. The lowest BCUT2D eigenvalue weighted by atomic mass is 9.85. The molecule has 0 radical (unpaired) electrons. The van der Waals surface area contributed by atoms with Crippen molar-refractivity contribution in [2.45, 2.75) is 69.1 Å². The van der Waals surface area contributed by atoms with Gasteiger partial charge in [-0.1, -0.05) is 12.1 Å². The van der Waals surface area contributed by atoms with Crippen LogP contribution < -0.4 is 4.74 Å². The third kappa shape index (κ3) is 7.01. The van der Waals surface area contributed by atoms with Crippen LogP contribution in [0, 0.1) is 0 Å². The number of ether oxygens (including phenoxy) is 2. The summed E-state index contributed by atoms with van der Waals surface area (Å²) in [7, 11) is 0. The molecule has 3 aliphatic rings. The highest BCUT2D eigenvalue weighted by Crippen LogP contribution is 2.41. The van der Waals surface area contributed by atoms with Gasteiger partial charge >= 0.3 is 18.4 Å². The van der Waals surface area contributed by atoms with Gasteiger partial charge in [-0.2, -0.15) is 26.3 Å². The summed E-state index contributed by atoms with van der Waals surface area (Å²) in [5.41, 5.74) is 0.816. The zero-order valence-corrected chi connectivity index (χ0v) is 20.6. The molecule has 4 rings (SSSR count). The fraction of sp³-hybridized carbons (Fsp3) is 0.720. The molecule has 0 unspecified atom stereocenters. The monoisotopic (exact) mass is 537 g/mol. The van der Waals surface area contributed by atoms with Crippen LogP contribution in [0.4, 0.5) is 31.1 Å². The van der Waals surface area contributed by atoms with Crippen LogP contribution in [-0.2, 0) is 11.3 Å². The van der Waals surface area contributed by atoms with Crippen molar-refractivity contribution in [1.82, 2.24) is 14.7 Å². The van der Waals surface area contributed by atoms with E-state index >= 15 is 0 Å². The number of likely N-dealkylation sites (tertiary alicyclic amines) is 3. The van der Waals surface area contributed by atoms with Gasteiger partial charge in [-0.15, -0.1) is 0 Å². The summed E-state index contributed by atoms with van der Waals surface area (Å²) in [6, 6.07) is 7.89. The molecule has 0 aromatic heterocycles. The summed E-state index contributed by atoms with van der Waals surface area (Å²) >= 11 is 0. The van der Waals surface area contributed by atoms with Gasteiger partial charge in [0.05, 0.1) is 0 Å². The third-order valence-electron chi connectivity index (χ3n) is 7.65. The molecule has 12 heteroatoms. The highest BCUT2D eigenvalue weighted by molar-refractivity contribution is 5.68. The number of halogens is 6. The molecule has 0 aliphatic carbocycles. The Morgan fingerprint density at radius 2 is 1.59 bits per heavy atom. The molecule has 6 nitrogen and oxygen atoms in total. The average molecular weight is 538 g/mol. The van der Waals surface area contributed by atoms with Crippen LogP contribution in [0.25, 0.3) is 0 Å². The van der Waals surface area contributed by atoms with Crippen molar-refractivity contribution < 1.29 is 40.6 Å². The van der Waals surface area contributed by atoms with Crippen LogP contribution in [0.1, 0.15) is 44.1 Å². The first kappa shape index (κ1) is 27.8. The molecular weight excluding hydrogens is 504 g/mol. The standard InChI is InChI=1S/C25H33F6N3O3/c26-24(27,28)21(25(29,30)31)37-22(35)33-13-8-23(9-14-33)7-4-12-34(23)18-19-5-3-6-20(17-19)36-16-15-32-10-1-2-11-32/h3,5-6,17,21H,1-2,4,7-16,18H2. The molecule has 1 amide bonds. The minimum atomic E-state index is -5.72. The van der Waals surface area contributed by atoms with Gasteiger partial charge in [0.1, 0.15) is 12.4 Å². The molecule has 1 spiro atoms. The molecule has 1 aromatic carbocycles. The van der Waals surface area contributed by atoms with Crippen molar-refractivity contribution in [3.63, 3.8) is 0 Å². The number of rotatable bonds is 7. The van der Waals surface area contributed by atoms with Crippen molar-refractivity contribution in [2.75, 3.05) is 45.9 Å². The highest BCUT2D eigenvalue weighted by Gasteiger charge is 2.60. The fourth-order valence-electron chi connectivity index (χ4n) is 5.66. The van der Waals surface area contributed by atoms with E-state index in [2.05, 4.69) is 14.5 Å². The van der Waals surface area contributed by atoms with Gasteiger partial charge in [0.15, 0.2) is 0 Å². The maximum Gasteiger partial charge on any atom is 0.434 e. The summed E-state index contributed by atoms with van der Waals surface area (Å²) < 4.78 is 86.5. The van der Waals surface area contributed by atoms with Crippen molar-refractivity contribution in [2.24, 2.45) is 0 Å². The lowest BCUT2D eigenvalue weighted by Gasteiger charge is -2.45. The predicted molar refractivity (Wildman–Crippen MR) is 123 cm³/mol. The van der Waals surface area contributed by atoms with Crippen molar-refractivity contribution in [1.29, 1.82) is 0 Å². The van der Waals surface area contributed by atoms with E-state index in [4.69, 9.17) is 4.74 Å². The Bertz CT molecular complexity index is 898. The number of nitrogens with zero attached hydrogens (tertiary/aromatic N) is 3. The summed E-state index contributed by atoms with van der Waals surface area (Å²) in [6.45, 7) is 5.29. The normalized spacial score (nSPS) is 21.2. The first-order valence-corrected chi connectivity index (χ1v) is 12.7. The van der Waals surface area contributed by atoms with Gasteiger partial charge in [-0.3, -0.25) is 9.80 Å². The summed E-state index contributed by atoms with van der Waals surface area (Å²) in [5, 5.41) is 0. The molecule has 0 saturated carbocycles. The van der Waals surface area contributed by atoms with Crippen molar-refractivity contribution in [3.8, 4) is 5.75 Å². The first-order chi connectivity index (χ1) is 17.5. The quantitative estimate of drug-likeness (QED) is 0.447. The molecule has 37 heavy (non-hydrogen) atoms. The number of amides is 1. The number of carbonyl (C=O) groups is 1. The maximum absolute atomic E-state index is 12.8. The van der Waals surface area contributed by atoms with E-state index in [1.807, 2.05) is 24.3 Å². The van der Waals surface area contributed by atoms with Gasteiger partial charge in [0, 0.05) is 31.7 Å². The Labute approximate surface area is 212 Å². The molecule has 0 N–H and O–H groups in total. The number of hydrogen-bond donors (Lipinski definition) is 0. The maximum atomic E-state index is 12.8. The van der Waals surface area contributed by atoms with Crippen LogP contribution >= 0.6 is 0 Å². The zero-order chi connectivity index (χ0) is 26.7. The molecule has 0 bridgehead atoms. The van der Waals surface area contributed by atoms with E-state index in [1.165, 1.54) is 12.8 Å². The topological polar surface area (TPSA) is 45.3 Å². The van der Waals surface area contributed by atoms with Gasteiger partial charge in [0.25, 0.3) is 6.10 Å². The van der Waals surface area contributed by atoms with E-state index in [0.717, 1.165) is 55.2 Å².